The van der Waals surface area contributed by atoms with Crippen LogP contribution in [-0.4, -0.2) is 25.5 Å². The van der Waals surface area contributed by atoms with Crippen molar-refractivity contribution in [3.8, 4) is 0 Å². The fraction of sp³-hybridized carbons (Fsp3) is 0.300. The monoisotopic (exact) mass is 267 g/mol. The highest BCUT2D eigenvalue weighted by molar-refractivity contribution is 5.90. The number of halogens is 4. The Morgan fingerprint density at radius 2 is 1.94 bits per heavy atom. The van der Waals surface area contributed by atoms with Gasteiger partial charge in [0, 0.05) is 5.69 Å². The van der Waals surface area contributed by atoms with Gasteiger partial charge < -0.3 is 10.5 Å². The molecule has 8 heteroatoms. The van der Waals surface area contributed by atoms with E-state index in [0.29, 0.717) is 0 Å². The highest BCUT2D eigenvalue weighted by Crippen LogP contribution is 2.16. The summed E-state index contributed by atoms with van der Waals surface area (Å²) < 4.78 is 55.7. The molecule has 100 valence electrons. The van der Waals surface area contributed by atoms with Crippen LogP contribution >= 0.6 is 0 Å². The number of nitrogen functional groups attached to an aromatic ring is 1. The lowest BCUT2D eigenvalue weighted by Crippen LogP contribution is -2.19. The second kappa shape index (κ2) is 5.67. The number of nitrogens with two attached hydrogens (primary N) is 1. The highest BCUT2D eigenvalue weighted by atomic mass is 19.4. The molecular weight excluding hydrogens is 258 g/mol. The maximum atomic E-state index is 13.2. The van der Waals surface area contributed by atoms with Gasteiger partial charge >= 0.3 is 12.3 Å². The van der Waals surface area contributed by atoms with Crippen LogP contribution in [0.1, 0.15) is 10.4 Å². The minimum atomic E-state index is -4.80. The van der Waals surface area contributed by atoms with Crippen molar-refractivity contribution in [1.29, 1.82) is 0 Å². The molecule has 0 saturated carbocycles. The molecule has 0 saturated heterocycles. The number of rotatable bonds is 4. The maximum absolute atomic E-state index is 13.2. The molecule has 0 heterocycles. The van der Waals surface area contributed by atoms with Gasteiger partial charge in [0.2, 0.25) is 0 Å². The summed E-state index contributed by atoms with van der Waals surface area (Å²) in [7, 11) is 0. The second-order valence-corrected chi connectivity index (χ2v) is 3.17. The fourth-order valence-electron chi connectivity index (χ4n) is 1.07. The Bertz CT molecular complexity index is 434. The van der Waals surface area contributed by atoms with Crippen LogP contribution in [0.5, 0.6) is 0 Å². The van der Waals surface area contributed by atoms with Gasteiger partial charge in [-0.25, -0.2) is 9.18 Å². The highest BCUT2D eigenvalue weighted by Gasteiger charge is 2.28. The van der Waals surface area contributed by atoms with Crippen LogP contribution in [0.2, 0.25) is 0 Å². The van der Waals surface area contributed by atoms with E-state index < -0.39 is 36.9 Å². The molecule has 0 bridgehead atoms. The summed E-state index contributed by atoms with van der Waals surface area (Å²) in [5, 5.41) is 0. The average molecular weight is 267 g/mol. The van der Waals surface area contributed by atoms with E-state index in [-0.39, 0.29) is 5.69 Å². The van der Waals surface area contributed by atoms with Gasteiger partial charge in [0.25, 0.3) is 0 Å². The first-order valence-electron chi connectivity index (χ1n) is 4.72. The van der Waals surface area contributed by atoms with Crippen LogP contribution in [0.4, 0.5) is 23.2 Å². The predicted octanol–water partition coefficient (Wildman–Crippen LogP) is 2.10. The number of carbonyl (C=O) groups is 1. The first-order valence-corrected chi connectivity index (χ1v) is 4.72. The Hall–Kier alpha value is -1.83. The first-order chi connectivity index (χ1) is 8.29. The number of alkyl halides is 3. The maximum Gasteiger partial charge on any atom is 0.522 e. The van der Waals surface area contributed by atoms with Crippen molar-refractivity contribution in [2.45, 2.75) is 6.36 Å². The van der Waals surface area contributed by atoms with E-state index >= 15 is 0 Å². The molecule has 0 aliphatic carbocycles. The average Bonchev–Trinajstić information content (AvgIpc) is 2.26. The zero-order valence-corrected chi connectivity index (χ0v) is 8.96. The van der Waals surface area contributed by atoms with Gasteiger partial charge in [-0.3, -0.25) is 4.74 Å². The Balaban J connectivity index is 2.48. The lowest BCUT2D eigenvalue weighted by molar-refractivity contribution is -0.326. The van der Waals surface area contributed by atoms with E-state index in [9.17, 15) is 22.4 Å². The first kappa shape index (κ1) is 14.2. The molecule has 18 heavy (non-hydrogen) atoms. The SMILES string of the molecule is Nc1ccc(F)c(C(=O)OCCOC(F)(F)F)c1. The van der Waals surface area contributed by atoms with E-state index in [0.717, 1.165) is 12.1 Å². The zero-order valence-electron chi connectivity index (χ0n) is 8.96. The van der Waals surface area contributed by atoms with Gasteiger partial charge in [-0.1, -0.05) is 0 Å². The summed E-state index contributed by atoms with van der Waals surface area (Å²) in [6, 6.07) is 3.22. The van der Waals surface area contributed by atoms with Crippen LogP contribution < -0.4 is 5.73 Å². The van der Waals surface area contributed by atoms with Crippen LogP contribution in [-0.2, 0) is 9.47 Å². The third kappa shape index (κ3) is 4.58. The van der Waals surface area contributed by atoms with Crippen molar-refractivity contribution < 1.29 is 31.8 Å². The van der Waals surface area contributed by atoms with Crippen molar-refractivity contribution in [2.24, 2.45) is 0 Å². The van der Waals surface area contributed by atoms with E-state index in [4.69, 9.17) is 5.73 Å². The van der Waals surface area contributed by atoms with Gasteiger partial charge in [-0.2, -0.15) is 0 Å². The largest absolute Gasteiger partial charge is 0.522 e. The molecule has 0 atom stereocenters. The zero-order chi connectivity index (χ0) is 13.8. The van der Waals surface area contributed by atoms with Crippen molar-refractivity contribution in [2.75, 3.05) is 18.9 Å². The van der Waals surface area contributed by atoms with E-state index in [1.54, 1.807) is 0 Å². The standard InChI is InChI=1S/C10H9F4NO3/c11-8-2-1-6(15)5-7(8)9(16)17-3-4-18-10(12,13)14/h1-2,5H,3-4,15H2. The lowest BCUT2D eigenvalue weighted by atomic mass is 10.2. The number of hydrogen-bond acceptors (Lipinski definition) is 4. The predicted molar refractivity (Wildman–Crippen MR) is 53.1 cm³/mol. The lowest BCUT2D eigenvalue weighted by Gasteiger charge is -2.08. The molecule has 2 N–H and O–H groups in total. The molecule has 0 aliphatic rings. The van der Waals surface area contributed by atoms with Crippen molar-refractivity contribution in [3.63, 3.8) is 0 Å². The minimum Gasteiger partial charge on any atom is -0.460 e. The number of benzene rings is 1. The van der Waals surface area contributed by atoms with E-state index in [1.165, 1.54) is 6.07 Å². The molecule has 0 unspecified atom stereocenters. The Kier molecular flexibility index (Phi) is 4.49. The van der Waals surface area contributed by atoms with Crippen LogP contribution in [0.3, 0.4) is 0 Å². The summed E-state index contributed by atoms with van der Waals surface area (Å²) in [6.45, 7) is -1.51. The molecule has 0 aromatic heterocycles. The van der Waals surface area contributed by atoms with Crippen molar-refractivity contribution in [3.05, 3.63) is 29.6 Å². The Morgan fingerprint density at radius 1 is 1.28 bits per heavy atom. The summed E-state index contributed by atoms with van der Waals surface area (Å²) in [5.41, 5.74) is 5.02. The van der Waals surface area contributed by atoms with E-state index in [1.807, 2.05) is 0 Å². The number of esters is 1. The number of ether oxygens (including phenoxy) is 2. The van der Waals surface area contributed by atoms with E-state index in [2.05, 4.69) is 9.47 Å². The van der Waals surface area contributed by atoms with Gasteiger partial charge in [0.15, 0.2) is 0 Å². The fourth-order valence-corrected chi connectivity index (χ4v) is 1.07. The number of hydrogen-bond donors (Lipinski definition) is 1. The second-order valence-electron chi connectivity index (χ2n) is 3.17. The Morgan fingerprint density at radius 3 is 2.56 bits per heavy atom. The normalized spacial score (nSPS) is 11.3. The van der Waals surface area contributed by atoms with Gasteiger partial charge in [-0.15, -0.1) is 13.2 Å². The summed E-state index contributed by atoms with van der Waals surface area (Å²) >= 11 is 0. The third-order valence-corrected chi connectivity index (χ3v) is 1.79. The molecular formula is C10H9F4NO3. The molecule has 4 nitrogen and oxygen atoms in total. The van der Waals surface area contributed by atoms with Crippen LogP contribution in [0, 0.1) is 5.82 Å². The summed E-state index contributed by atoms with van der Waals surface area (Å²) in [4.78, 5) is 11.3. The summed E-state index contributed by atoms with van der Waals surface area (Å²) in [6.07, 6.45) is -4.80. The van der Waals surface area contributed by atoms with Crippen LogP contribution in [0.15, 0.2) is 18.2 Å². The topological polar surface area (TPSA) is 61.6 Å². The van der Waals surface area contributed by atoms with Gasteiger partial charge in [-0.05, 0) is 18.2 Å². The molecule has 0 fully saturated rings. The molecule has 1 aromatic rings. The smallest absolute Gasteiger partial charge is 0.460 e. The molecule has 0 spiro atoms. The molecule has 0 amide bonds. The van der Waals surface area contributed by atoms with Gasteiger partial charge in [0.1, 0.15) is 12.4 Å². The summed E-state index contributed by atoms with van der Waals surface area (Å²) in [5.74, 6) is -1.98. The molecule has 1 rings (SSSR count). The third-order valence-electron chi connectivity index (χ3n) is 1.79. The quantitative estimate of drug-likeness (QED) is 0.393. The molecule has 1 aromatic carbocycles. The Labute approximate surface area is 99.3 Å². The molecule has 0 radical (unpaired) electrons. The van der Waals surface area contributed by atoms with Crippen molar-refractivity contribution in [1.82, 2.24) is 0 Å². The molecule has 0 aliphatic heterocycles. The van der Waals surface area contributed by atoms with Gasteiger partial charge in [0.05, 0.1) is 12.2 Å². The van der Waals surface area contributed by atoms with Crippen LogP contribution in [0.25, 0.3) is 0 Å². The minimum absolute atomic E-state index is 0.134. The number of anilines is 1. The van der Waals surface area contributed by atoms with Crippen molar-refractivity contribution >= 4 is 11.7 Å². The number of carbonyl (C=O) groups excluding carboxylic acids is 1.